The molecule has 0 aliphatic heterocycles. The Morgan fingerprint density at radius 3 is 2.88 bits per heavy atom. The second-order valence-electron chi connectivity index (χ2n) is 5.27. The van der Waals surface area contributed by atoms with Crippen molar-refractivity contribution in [2.75, 3.05) is 6.54 Å². The first kappa shape index (κ1) is 11.6. The lowest BCUT2D eigenvalue weighted by atomic mass is 9.90. The van der Waals surface area contributed by atoms with Gasteiger partial charge in [0.05, 0.1) is 6.33 Å². The summed E-state index contributed by atoms with van der Waals surface area (Å²) in [6.07, 6.45) is 11.2. The minimum absolute atomic E-state index is 0.606. The molecule has 1 aliphatic rings. The fourth-order valence-electron chi connectivity index (χ4n) is 2.56. The van der Waals surface area contributed by atoms with Crippen molar-refractivity contribution >= 4 is 0 Å². The SMILES string of the molecule is CC(C)CN[C@@H]1CCCC[C@@H]1n1ccnc1. The van der Waals surface area contributed by atoms with Gasteiger partial charge in [-0.3, -0.25) is 0 Å². The van der Waals surface area contributed by atoms with E-state index in [0.29, 0.717) is 12.1 Å². The molecule has 16 heavy (non-hydrogen) atoms. The Morgan fingerprint density at radius 1 is 1.38 bits per heavy atom. The van der Waals surface area contributed by atoms with Crippen LogP contribution >= 0.6 is 0 Å². The summed E-state index contributed by atoms with van der Waals surface area (Å²) in [6.45, 7) is 5.65. The molecule has 1 heterocycles. The van der Waals surface area contributed by atoms with Gasteiger partial charge in [-0.25, -0.2) is 4.98 Å². The van der Waals surface area contributed by atoms with E-state index < -0.39 is 0 Å². The Labute approximate surface area is 98.3 Å². The Morgan fingerprint density at radius 2 is 2.19 bits per heavy atom. The Balaban J connectivity index is 1.97. The third kappa shape index (κ3) is 2.85. The second-order valence-corrected chi connectivity index (χ2v) is 5.27. The first-order valence-corrected chi connectivity index (χ1v) is 6.48. The molecule has 2 atom stereocenters. The summed E-state index contributed by atoms with van der Waals surface area (Å²) in [5.41, 5.74) is 0. The number of imidazole rings is 1. The van der Waals surface area contributed by atoms with Gasteiger partial charge in [-0.05, 0) is 25.3 Å². The molecule has 1 N–H and O–H groups in total. The van der Waals surface area contributed by atoms with Gasteiger partial charge in [0, 0.05) is 24.5 Å². The number of rotatable bonds is 4. The lowest BCUT2D eigenvalue weighted by Crippen LogP contribution is -2.41. The minimum atomic E-state index is 0.606. The number of nitrogens with one attached hydrogen (secondary N) is 1. The molecule has 3 heteroatoms. The monoisotopic (exact) mass is 221 g/mol. The van der Waals surface area contributed by atoms with E-state index >= 15 is 0 Å². The summed E-state index contributed by atoms with van der Waals surface area (Å²) in [6, 6.07) is 1.24. The van der Waals surface area contributed by atoms with Crippen molar-refractivity contribution < 1.29 is 0 Å². The summed E-state index contributed by atoms with van der Waals surface area (Å²) in [7, 11) is 0. The number of hydrogen-bond donors (Lipinski definition) is 1. The van der Waals surface area contributed by atoms with Gasteiger partial charge in [-0.1, -0.05) is 26.7 Å². The van der Waals surface area contributed by atoms with E-state index in [9.17, 15) is 0 Å². The van der Waals surface area contributed by atoms with E-state index in [1.807, 2.05) is 12.5 Å². The Kier molecular flexibility index (Phi) is 3.99. The van der Waals surface area contributed by atoms with Gasteiger partial charge < -0.3 is 9.88 Å². The van der Waals surface area contributed by atoms with Gasteiger partial charge >= 0.3 is 0 Å². The second kappa shape index (κ2) is 5.48. The van der Waals surface area contributed by atoms with Crippen molar-refractivity contribution in [3.63, 3.8) is 0 Å². The van der Waals surface area contributed by atoms with Crippen molar-refractivity contribution in [1.82, 2.24) is 14.9 Å². The predicted molar refractivity (Wildman–Crippen MR) is 66.4 cm³/mol. The van der Waals surface area contributed by atoms with Gasteiger partial charge in [0.25, 0.3) is 0 Å². The summed E-state index contributed by atoms with van der Waals surface area (Å²) in [5.74, 6) is 0.727. The number of nitrogens with zero attached hydrogens (tertiary/aromatic N) is 2. The van der Waals surface area contributed by atoms with E-state index in [4.69, 9.17) is 0 Å². The van der Waals surface area contributed by atoms with Crippen LogP contribution in [0.25, 0.3) is 0 Å². The summed E-state index contributed by atoms with van der Waals surface area (Å²) in [5, 5.41) is 3.71. The average molecular weight is 221 g/mol. The molecule has 0 radical (unpaired) electrons. The maximum Gasteiger partial charge on any atom is 0.0949 e. The minimum Gasteiger partial charge on any atom is -0.333 e. The van der Waals surface area contributed by atoms with Crippen LogP contribution in [-0.4, -0.2) is 22.1 Å². The molecule has 1 saturated carbocycles. The largest absolute Gasteiger partial charge is 0.333 e. The van der Waals surface area contributed by atoms with E-state index in [0.717, 1.165) is 12.5 Å². The highest BCUT2D eigenvalue weighted by Gasteiger charge is 2.25. The van der Waals surface area contributed by atoms with Gasteiger partial charge in [-0.15, -0.1) is 0 Å². The van der Waals surface area contributed by atoms with Gasteiger partial charge in [0.2, 0.25) is 0 Å². The molecule has 0 saturated heterocycles. The molecule has 90 valence electrons. The van der Waals surface area contributed by atoms with E-state index in [1.165, 1.54) is 25.7 Å². The number of hydrogen-bond acceptors (Lipinski definition) is 2. The number of aromatic nitrogens is 2. The summed E-state index contributed by atoms with van der Waals surface area (Å²) < 4.78 is 2.27. The van der Waals surface area contributed by atoms with Gasteiger partial charge in [0.15, 0.2) is 0 Å². The van der Waals surface area contributed by atoms with Crippen molar-refractivity contribution in [3.05, 3.63) is 18.7 Å². The highest BCUT2D eigenvalue weighted by molar-refractivity contribution is 4.90. The Hall–Kier alpha value is -0.830. The van der Waals surface area contributed by atoms with Crippen LogP contribution in [0.4, 0.5) is 0 Å². The molecular formula is C13H23N3. The fourth-order valence-corrected chi connectivity index (χ4v) is 2.56. The molecule has 0 spiro atoms. The molecule has 2 rings (SSSR count). The molecule has 3 nitrogen and oxygen atoms in total. The molecular weight excluding hydrogens is 198 g/mol. The molecule has 1 aromatic heterocycles. The quantitative estimate of drug-likeness (QED) is 0.847. The lowest BCUT2D eigenvalue weighted by Gasteiger charge is -2.33. The Bertz CT molecular complexity index is 292. The zero-order valence-corrected chi connectivity index (χ0v) is 10.4. The maximum atomic E-state index is 4.16. The standard InChI is InChI=1S/C13H23N3/c1-11(2)9-15-12-5-3-4-6-13(12)16-8-7-14-10-16/h7-8,10-13,15H,3-6,9H2,1-2H3/t12-,13+/m1/s1. The van der Waals surface area contributed by atoms with Crippen LogP contribution in [0, 0.1) is 5.92 Å². The fraction of sp³-hybridized carbons (Fsp3) is 0.769. The third-order valence-corrected chi connectivity index (χ3v) is 3.43. The zero-order valence-electron chi connectivity index (χ0n) is 10.4. The van der Waals surface area contributed by atoms with Crippen LogP contribution in [0.2, 0.25) is 0 Å². The normalized spacial score (nSPS) is 26.2. The first-order chi connectivity index (χ1) is 7.77. The molecule has 0 aromatic carbocycles. The maximum absolute atomic E-state index is 4.16. The topological polar surface area (TPSA) is 29.9 Å². The third-order valence-electron chi connectivity index (χ3n) is 3.43. The van der Waals surface area contributed by atoms with Crippen LogP contribution in [0.15, 0.2) is 18.7 Å². The van der Waals surface area contributed by atoms with Crippen molar-refractivity contribution in [2.24, 2.45) is 5.92 Å². The summed E-state index contributed by atoms with van der Waals surface area (Å²) in [4.78, 5) is 4.16. The summed E-state index contributed by atoms with van der Waals surface area (Å²) >= 11 is 0. The molecule has 1 aliphatic carbocycles. The van der Waals surface area contributed by atoms with Gasteiger partial charge in [0.1, 0.15) is 0 Å². The van der Waals surface area contributed by atoms with Crippen LogP contribution in [0.1, 0.15) is 45.6 Å². The molecule has 1 aromatic rings. The molecule has 0 unspecified atom stereocenters. The van der Waals surface area contributed by atoms with Crippen LogP contribution < -0.4 is 5.32 Å². The first-order valence-electron chi connectivity index (χ1n) is 6.48. The van der Waals surface area contributed by atoms with Gasteiger partial charge in [-0.2, -0.15) is 0 Å². The van der Waals surface area contributed by atoms with E-state index in [-0.39, 0.29) is 0 Å². The van der Waals surface area contributed by atoms with Crippen LogP contribution in [0.3, 0.4) is 0 Å². The molecule has 0 bridgehead atoms. The highest BCUT2D eigenvalue weighted by Crippen LogP contribution is 2.28. The van der Waals surface area contributed by atoms with E-state index in [1.54, 1.807) is 0 Å². The van der Waals surface area contributed by atoms with Crippen molar-refractivity contribution in [1.29, 1.82) is 0 Å². The van der Waals surface area contributed by atoms with Crippen LogP contribution in [0.5, 0.6) is 0 Å². The van der Waals surface area contributed by atoms with E-state index in [2.05, 4.69) is 34.9 Å². The smallest absolute Gasteiger partial charge is 0.0949 e. The lowest BCUT2D eigenvalue weighted by molar-refractivity contribution is 0.256. The molecule has 1 fully saturated rings. The highest BCUT2D eigenvalue weighted by atomic mass is 15.1. The van der Waals surface area contributed by atoms with Crippen molar-refractivity contribution in [2.45, 2.75) is 51.6 Å². The predicted octanol–water partition coefficient (Wildman–Crippen LogP) is 2.61. The van der Waals surface area contributed by atoms with Crippen LogP contribution in [-0.2, 0) is 0 Å². The zero-order chi connectivity index (χ0) is 11.4. The molecule has 0 amide bonds. The average Bonchev–Trinajstić information content (AvgIpc) is 2.80. The van der Waals surface area contributed by atoms with Crippen molar-refractivity contribution in [3.8, 4) is 0 Å².